The molecule has 0 aliphatic heterocycles. The monoisotopic (exact) mass is 230 g/mol. The van der Waals surface area contributed by atoms with Gasteiger partial charge < -0.3 is 0 Å². The van der Waals surface area contributed by atoms with Crippen molar-refractivity contribution in [2.75, 3.05) is 0 Å². The summed E-state index contributed by atoms with van der Waals surface area (Å²) in [4.78, 5) is 0. The molecule has 3 heteroatoms. The summed E-state index contributed by atoms with van der Waals surface area (Å²) < 4.78 is 0. The summed E-state index contributed by atoms with van der Waals surface area (Å²) in [6, 6.07) is 15.1. The third kappa shape index (κ3) is 2.48. The molecule has 0 aromatic heterocycles. The lowest BCUT2D eigenvalue weighted by atomic mass is 9.92. The molecule has 0 heterocycles. The Labute approximate surface area is 96.3 Å². The second kappa shape index (κ2) is 4.48. The van der Waals surface area contributed by atoms with Crippen LogP contribution < -0.4 is 16.1 Å². The topological polar surface area (TPSA) is 0 Å². The van der Waals surface area contributed by atoms with E-state index in [2.05, 4.69) is 68.8 Å². The first-order valence-corrected chi connectivity index (χ1v) is 6.04. The third-order valence-corrected chi connectivity index (χ3v) is 3.55. The Morgan fingerprint density at radius 2 is 1.40 bits per heavy atom. The van der Waals surface area contributed by atoms with Crippen molar-refractivity contribution in [2.45, 2.75) is 0 Å². The molecule has 0 fully saturated rings. The van der Waals surface area contributed by atoms with Crippen LogP contribution in [-0.4, -0.2) is 7.85 Å². The summed E-state index contributed by atoms with van der Waals surface area (Å²) in [5, 5.41) is 2.49. The molecule has 2 unspecified atom stereocenters. The van der Waals surface area contributed by atoms with Gasteiger partial charge in [0.2, 0.25) is 0 Å². The van der Waals surface area contributed by atoms with Crippen molar-refractivity contribution >= 4 is 42.4 Å². The molecule has 0 saturated carbocycles. The van der Waals surface area contributed by atoms with E-state index in [0.717, 1.165) is 0 Å². The van der Waals surface area contributed by atoms with Gasteiger partial charge >= 0.3 is 0 Å². The highest BCUT2D eigenvalue weighted by atomic mass is 31.0. The van der Waals surface area contributed by atoms with Crippen LogP contribution in [0.25, 0.3) is 11.1 Å². The molecule has 0 amide bonds. The summed E-state index contributed by atoms with van der Waals surface area (Å²) in [5.74, 6) is 0. The van der Waals surface area contributed by atoms with E-state index in [4.69, 9.17) is 0 Å². The summed E-state index contributed by atoms with van der Waals surface area (Å²) in [6.07, 6.45) is 0. The van der Waals surface area contributed by atoms with Gasteiger partial charge in [0.25, 0.3) is 0 Å². The molecule has 0 N–H and O–H groups in total. The summed E-state index contributed by atoms with van der Waals surface area (Å²) in [7, 11) is 7.59. The Balaban J connectivity index is 2.45. The third-order valence-electron chi connectivity index (χ3n) is 2.51. The van der Waals surface area contributed by atoms with Crippen molar-refractivity contribution in [3.8, 4) is 11.1 Å². The van der Waals surface area contributed by atoms with E-state index in [-0.39, 0.29) is 0 Å². The molecular formula is C12H13BP2. The van der Waals surface area contributed by atoms with Gasteiger partial charge in [-0.2, -0.15) is 0 Å². The second-order valence-corrected chi connectivity index (χ2v) is 4.98. The smallest absolute Gasteiger partial charge is 0.106 e. The predicted molar refractivity (Wildman–Crippen MR) is 78.7 cm³/mol. The minimum absolute atomic E-state index is 1.22. The minimum atomic E-state index is 1.22. The SMILES string of the molecule is Bc1cc(-c2ccc(P)cc2)ccc1P. The average molecular weight is 230 g/mol. The molecule has 0 bridgehead atoms. The Bertz CT molecular complexity index is 477. The molecule has 0 saturated heterocycles. The van der Waals surface area contributed by atoms with E-state index in [1.165, 1.54) is 27.2 Å². The van der Waals surface area contributed by atoms with Gasteiger partial charge in [-0.25, -0.2) is 0 Å². The van der Waals surface area contributed by atoms with Gasteiger partial charge in [-0.3, -0.25) is 0 Å². The lowest BCUT2D eigenvalue weighted by Gasteiger charge is -2.05. The first-order chi connectivity index (χ1) is 7.16. The molecule has 74 valence electrons. The molecule has 0 aliphatic carbocycles. The van der Waals surface area contributed by atoms with Gasteiger partial charge in [-0.1, -0.05) is 47.9 Å². The summed E-state index contributed by atoms with van der Waals surface area (Å²) in [6.45, 7) is 0. The first-order valence-electron chi connectivity index (χ1n) is 4.89. The van der Waals surface area contributed by atoms with Crippen molar-refractivity contribution < 1.29 is 0 Å². The quantitative estimate of drug-likeness (QED) is 0.497. The molecule has 0 aliphatic rings. The maximum atomic E-state index is 2.75. The second-order valence-electron chi connectivity index (χ2n) is 3.69. The van der Waals surface area contributed by atoms with E-state index >= 15 is 0 Å². The highest BCUT2D eigenvalue weighted by molar-refractivity contribution is 7.28. The Morgan fingerprint density at radius 1 is 0.800 bits per heavy atom. The van der Waals surface area contributed by atoms with Gasteiger partial charge in [-0.15, -0.1) is 18.5 Å². The lowest BCUT2D eigenvalue weighted by Crippen LogP contribution is -2.18. The normalized spacial score (nSPS) is 10.3. The lowest BCUT2D eigenvalue weighted by molar-refractivity contribution is 1.68. The van der Waals surface area contributed by atoms with Gasteiger partial charge in [0, 0.05) is 0 Å². The van der Waals surface area contributed by atoms with Crippen molar-refractivity contribution in [2.24, 2.45) is 0 Å². The highest BCUT2D eigenvalue weighted by Gasteiger charge is 1.99. The van der Waals surface area contributed by atoms with Crippen LogP contribution in [0.1, 0.15) is 0 Å². The van der Waals surface area contributed by atoms with Crippen LogP contribution in [0, 0.1) is 0 Å². The first kappa shape index (κ1) is 10.9. The largest absolute Gasteiger partial charge is 0.140 e. The zero-order chi connectivity index (χ0) is 10.8. The van der Waals surface area contributed by atoms with E-state index < -0.39 is 0 Å². The van der Waals surface area contributed by atoms with Crippen molar-refractivity contribution in [3.63, 3.8) is 0 Å². The molecule has 2 atom stereocenters. The van der Waals surface area contributed by atoms with Gasteiger partial charge in [0.1, 0.15) is 7.85 Å². The fraction of sp³-hybridized carbons (Fsp3) is 0. The van der Waals surface area contributed by atoms with Crippen LogP contribution in [-0.2, 0) is 0 Å². The van der Waals surface area contributed by atoms with Crippen molar-refractivity contribution in [1.29, 1.82) is 0 Å². The Kier molecular flexibility index (Phi) is 3.24. The summed E-state index contributed by atoms with van der Waals surface area (Å²) in [5.41, 5.74) is 3.87. The minimum Gasteiger partial charge on any atom is -0.106 e. The van der Waals surface area contributed by atoms with E-state index in [9.17, 15) is 0 Å². The van der Waals surface area contributed by atoms with Crippen LogP contribution in [0.5, 0.6) is 0 Å². The zero-order valence-electron chi connectivity index (χ0n) is 8.70. The maximum Gasteiger partial charge on any atom is 0.140 e. The van der Waals surface area contributed by atoms with Crippen LogP contribution in [0.4, 0.5) is 0 Å². The molecule has 2 aromatic carbocycles. The van der Waals surface area contributed by atoms with Crippen molar-refractivity contribution in [1.82, 2.24) is 0 Å². The van der Waals surface area contributed by atoms with Crippen LogP contribution >= 0.6 is 18.5 Å². The van der Waals surface area contributed by atoms with Crippen LogP contribution in [0.2, 0.25) is 0 Å². The van der Waals surface area contributed by atoms with E-state index in [1.807, 2.05) is 0 Å². The predicted octanol–water partition coefficient (Wildman–Crippen LogP) is 0.613. The van der Waals surface area contributed by atoms with Gasteiger partial charge in [0.05, 0.1) is 0 Å². The maximum absolute atomic E-state index is 2.75. The molecule has 2 aromatic rings. The van der Waals surface area contributed by atoms with Gasteiger partial charge in [-0.05, 0) is 21.7 Å². The Hall–Kier alpha value is -0.635. The molecule has 0 radical (unpaired) electrons. The summed E-state index contributed by atoms with van der Waals surface area (Å²) >= 11 is 0. The number of hydrogen-bond acceptors (Lipinski definition) is 0. The van der Waals surface area contributed by atoms with Crippen LogP contribution in [0.3, 0.4) is 0 Å². The molecule has 0 nitrogen and oxygen atoms in total. The van der Waals surface area contributed by atoms with E-state index in [1.54, 1.807) is 0 Å². The number of rotatable bonds is 1. The Morgan fingerprint density at radius 3 is 2.00 bits per heavy atom. The molecule has 0 spiro atoms. The zero-order valence-corrected chi connectivity index (χ0v) is 11.0. The molecular weight excluding hydrogens is 217 g/mol. The molecule has 15 heavy (non-hydrogen) atoms. The fourth-order valence-corrected chi connectivity index (χ4v) is 1.90. The number of benzene rings is 2. The molecule has 2 rings (SSSR count). The van der Waals surface area contributed by atoms with E-state index in [0.29, 0.717) is 0 Å². The van der Waals surface area contributed by atoms with Crippen LogP contribution in [0.15, 0.2) is 42.5 Å². The van der Waals surface area contributed by atoms with Crippen molar-refractivity contribution in [3.05, 3.63) is 42.5 Å². The number of hydrogen-bond donors (Lipinski definition) is 0. The highest BCUT2D eigenvalue weighted by Crippen LogP contribution is 2.16. The standard InChI is InChI=1S/C12H13BP2/c13-11-7-9(3-6-12(11)15)8-1-4-10(14)5-2-8/h1-7H,13-15H2. The fourth-order valence-electron chi connectivity index (χ4n) is 1.53. The van der Waals surface area contributed by atoms with Gasteiger partial charge in [0.15, 0.2) is 0 Å². The average Bonchev–Trinajstić information content (AvgIpc) is 2.23.